The van der Waals surface area contributed by atoms with E-state index >= 15 is 0 Å². The first-order valence-electron chi connectivity index (χ1n) is 5.28. The van der Waals surface area contributed by atoms with Crippen LogP contribution in [0.5, 0.6) is 0 Å². The highest BCUT2D eigenvalue weighted by atomic mass is 32.1. The Morgan fingerprint density at radius 1 is 1.44 bits per heavy atom. The Hall–Kier alpha value is -1.42. The second kappa shape index (κ2) is 4.22. The molecule has 0 saturated heterocycles. The van der Waals surface area contributed by atoms with E-state index in [4.69, 9.17) is 0 Å². The van der Waals surface area contributed by atoms with Crippen molar-refractivity contribution >= 4 is 27.3 Å². The highest BCUT2D eigenvalue weighted by Gasteiger charge is 2.08. The molecule has 0 saturated carbocycles. The second-order valence-electron chi connectivity index (χ2n) is 3.76. The van der Waals surface area contributed by atoms with Gasteiger partial charge in [0, 0.05) is 12.1 Å². The number of fused-ring (bicyclic) bond motifs is 1. The summed E-state index contributed by atoms with van der Waals surface area (Å²) < 4.78 is 2.66. The number of carbonyl (C=O) groups excluding carboxylic acids is 1. The van der Waals surface area contributed by atoms with Gasteiger partial charge in [0.2, 0.25) is 0 Å². The van der Waals surface area contributed by atoms with Crippen molar-refractivity contribution in [2.24, 2.45) is 0 Å². The van der Waals surface area contributed by atoms with Crippen molar-refractivity contribution in [3.05, 3.63) is 33.4 Å². The van der Waals surface area contributed by atoms with Crippen molar-refractivity contribution in [3.63, 3.8) is 0 Å². The molecule has 0 atom stereocenters. The van der Waals surface area contributed by atoms with Gasteiger partial charge in [-0.2, -0.15) is 0 Å². The fraction of sp³-hybridized carbons (Fsp3) is 0.333. The molecule has 0 aliphatic rings. The molecule has 0 fully saturated rings. The second-order valence-corrected chi connectivity index (χ2v) is 4.75. The molecule has 0 unspecified atom stereocenters. The first-order chi connectivity index (χ1) is 7.63. The molecule has 0 aliphatic carbocycles. The lowest BCUT2D eigenvalue weighted by molar-refractivity contribution is 0.101. The fourth-order valence-electron chi connectivity index (χ4n) is 1.72. The van der Waals surface area contributed by atoms with E-state index in [2.05, 4.69) is 0 Å². The molecule has 4 heteroatoms. The average molecular weight is 235 g/mol. The van der Waals surface area contributed by atoms with Gasteiger partial charge < -0.3 is 0 Å². The van der Waals surface area contributed by atoms with E-state index in [1.165, 1.54) is 18.3 Å². The molecule has 1 aromatic heterocycles. The number of benzene rings is 1. The molecule has 16 heavy (non-hydrogen) atoms. The van der Waals surface area contributed by atoms with Gasteiger partial charge in [0.15, 0.2) is 5.78 Å². The van der Waals surface area contributed by atoms with Crippen LogP contribution < -0.4 is 4.87 Å². The lowest BCUT2D eigenvalue weighted by atomic mass is 10.1. The van der Waals surface area contributed by atoms with Gasteiger partial charge in [0.1, 0.15) is 0 Å². The average Bonchev–Trinajstić information content (AvgIpc) is 2.55. The Morgan fingerprint density at radius 3 is 2.81 bits per heavy atom. The lowest BCUT2D eigenvalue weighted by Gasteiger charge is -2.01. The van der Waals surface area contributed by atoms with Gasteiger partial charge in [0.25, 0.3) is 0 Å². The van der Waals surface area contributed by atoms with Crippen molar-refractivity contribution in [2.45, 2.75) is 26.8 Å². The summed E-state index contributed by atoms with van der Waals surface area (Å²) in [6.07, 6.45) is 0.931. The van der Waals surface area contributed by atoms with Crippen LogP contribution in [0.4, 0.5) is 0 Å². The zero-order valence-electron chi connectivity index (χ0n) is 9.32. The summed E-state index contributed by atoms with van der Waals surface area (Å²) in [6, 6.07) is 5.44. The van der Waals surface area contributed by atoms with Gasteiger partial charge >= 0.3 is 4.87 Å². The van der Waals surface area contributed by atoms with E-state index in [9.17, 15) is 9.59 Å². The highest BCUT2D eigenvalue weighted by Crippen LogP contribution is 2.19. The summed E-state index contributed by atoms with van der Waals surface area (Å²) in [6.45, 7) is 4.31. The van der Waals surface area contributed by atoms with Crippen molar-refractivity contribution in [3.8, 4) is 0 Å². The number of rotatable bonds is 3. The first-order valence-corrected chi connectivity index (χ1v) is 6.09. The van der Waals surface area contributed by atoms with Gasteiger partial charge in [-0.3, -0.25) is 14.2 Å². The van der Waals surface area contributed by atoms with Gasteiger partial charge in [-0.25, -0.2) is 0 Å². The first kappa shape index (κ1) is 11.1. The molecule has 84 valence electrons. The van der Waals surface area contributed by atoms with E-state index in [0.717, 1.165) is 23.2 Å². The Bertz CT molecular complexity index is 595. The van der Waals surface area contributed by atoms with Crippen molar-refractivity contribution in [1.29, 1.82) is 0 Å². The minimum absolute atomic E-state index is 0.0322. The monoisotopic (exact) mass is 235 g/mol. The SMILES string of the molecule is CCCn1c(=O)sc2cc(C(C)=O)ccc21. The quantitative estimate of drug-likeness (QED) is 0.767. The zero-order chi connectivity index (χ0) is 11.7. The third-order valence-electron chi connectivity index (χ3n) is 2.52. The maximum Gasteiger partial charge on any atom is 0.308 e. The van der Waals surface area contributed by atoms with Crippen molar-refractivity contribution in [1.82, 2.24) is 4.57 Å². The van der Waals surface area contributed by atoms with Crippen LogP contribution in [0.15, 0.2) is 23.0 Å². The minimum Gasteiger partial charge on any atom is -0.299 e. The standard InChI is InChI=1S/C12H13NO2S/c1-3-6-13-10-5-4-9(8(2)14)7-11(10)16-12(13)15/h4-5,7H,3,6H2,1-2H3. The van der Waals surface area contributed by atoms with Crippen LogP contribution in [0.25, 0.3) is 10.2 Å². The molecule has 0 radical (unpaired) electrons. The molecule has 1 heterocycles. The van der Waals surface area contributed by atoms with Crippen LogP contribution >= 0.6 is 11.3 Å². The molecule has 2 aromatic rings. The molecule has 0 aliphatic heterocycles. The van der Waals surface area contributed by atoms with E-state index in [1.807, 2.05) is 13.0 Å². The molecule has 2 rings (SSSR count). The number of hydrogen-bond donors (Lipinski definition) is 0. The van der Waals surface area contributed by atoms with Crippen LogP contribution in [0, 0.1) is 0 Å². The Kier molecular flexibility index (Phi) is 2.92. The Labute approximate surface area is 97.3 Å². The van der Waals surface area contributed by atoms with Crippen LogP contribution in [-0.2, 0) is 6.54 Å². The largest absolute Gasteiger partial charge is 0.308 e. The number of Topliss-reactive ketones (excluding diaryl/α,β-unsaturated/α-hetero) is 1. The Balaban J connectivity index is 2.65. The van der Waals surface area contributed by atoms with Gasteiger partial charge in [-0.05, 0) is 31.5 Å². The highest BCUT2D eigenvalue weighted by molar-refractivity contribution is 7.16. The van der Waals surface area contributed by atoms with E-state index in [0.29, 0.717) is 5.56 Å². The topological polar surface area (TPSA) is 39.1 Å². The molecule has 0 N–H and O–H groups in total. The summed E-state index contributed by atoms with van der Waals surface area (Å²) in [7, 11) is 0. The van der Waals surface area contributed by atoms with Crippen molar-refractivity contribution < 1.29 is 4.79 Å². The summed E-state index contributed by atoms with van der Waals surface area (Å²) >= 11 is 1.21. The summed E-state index contributed by atoms with van der Waals surface area (Å²) in [5.74, 6) is 0.0322. The number of aromatic nitrogens is 1. The predicted octanol–water partition coefficient (Wildman–Crippen LogP) is 2.68. The minimum atomic E-state index is 0.0322. The van der Waals surface area contributed by atoms with Crippen molar-refractivity contribution in [2.75, 3.05) is 0 Å². The summed E-state index contributed by atoms with van der Waals surface area (Å²) in [4.78, 5) is 23.0. The van der Waals surface area contributed by atoms with Gasteiger partial charge in [-0.1, -0.05) is 18.3 Å². The third-order valence-corrected chi connectivity index (χ3v) is 3.46. The number of ketones is 1. The van der Waals surface area contributed by atoms with Crippen LogP contribution in [0.2, 0.25) is 0 Å². The number of carbonyl (C=O) groups is 1. The third kappa shape index (κ3) is 1.80. The molecular formula is C12H13NO2S. The fourth-order valence-corrected chi connectivity index (χ4v) is 2.68. The Morgan fingerprint density at radius 2 is 2.19 bits per heavy atom. The summed E-state index contributed by atoms with van der Waals surface area (Å²) in [5.41, 5.74) is 1.60. The number of nitrogens with zero attached hydrogens (tertiary/aromatic N) is 1. The molecule has 0 spiro atoms. The van der Waals surface area contributed by atoms with Gasteiger partial charge in [0.05, 0.1) is 10.2 Å². The number of thiazole rings is 1. The maximum absolute atomic E-state index is 11.7. The van der Waals surface area contributed by atoms with Gasteiger partial charge in [-0.15, -0.1) is 0 Å². The lowest BCUT2D eigenvalue weighted by Crippen LogP contribution is -2.11. The molecular weight excluding hydrogens is 222 g/mol. The summed E-state index contributed by atoms with van der Waals surface area (Å²) in [5, 5.41) is 0. The molecule has 1 aromatic carbocycles. The van der Waals surface area contributed by atoms with E-state index < -0.39 is 0 Å². The van der Waals surface area contributed by atoms with Crippen LogP contribution in [-0.4, -0.2) is 10.4 Å². The predicted molar refractivity (Wildman–Crippen MR) is 66.4 cm³/mol. The molecule has 3 nitrogen and oxygen atoms in total. The zero-order valence-corrected chi connectivity index (χ0v) is 10.1. The molecule has 0 amide bonds. The normalized spacial score (nSPS) is 10.9. The maximum atomic E-state index is 11.7. The van der Waals surface area contributed by atoms with E-state index in [1.54, 1.807) is 16.7 Å². The van der Waals surface area contributed by atoms with Crippen LogP contribution in [0.3, 0.4) is 0 Å². The smallest absolute Gasteiger partial charge is 0.299 e. The van der Waals surface area contributed by atoms with Crippen LogP contribution in [0.1, 0.15) is 30.6 Å². The number of aryl methyl sites for hydroxylation is 1. The number of hydrogen-bond acceptors (Lipinski definition) is 3. The molecule has 0 bridgehead atoms. The van der Waals surface area contributed by atoms with E-state index in [-0.39, 0.29) is 10.7 Å².